The highest BCUT2D eigenvalue weighted by Crippen LogP contribution is 2.27. The van der Waals surface area contributed by atoms with Crippen LogP contribution in [0.1, 0.15) is 31.2 Å². The lowest BCUT2D eigenvalue weighted by molar-refractivity contribution is -0.118. The number of methoxy groups -OCH3 is 1. The summed E-state index contributed by atoms with van der Waals surface area (Å²) in [6, 6.07) is 15.6. The number of ether oxygens (including phenoxy) is 1. The molecule has 3 aromatic rings. The first-order valence-corrected chi connectivity index (χ1v) is 9.84. The number of hydrogen-bond donors (Lipinski definition) is 1. The second-order valence-electron chi connectivity index (χ2n) is 6.47. The molecular weight excluding hydrogens is 358 g/mol. The van der Waals surface area contributed by atoms with Crippen molar-refractivity contribution < 1.29 is 9.53 Å². The topological polar surface area (TPSA) is 64.1 Å². The molecular formula is C21H23N3O2S. The maximum atomic E-state index is 12.3. The third-order valence-electron chi connectivity index (χ3n) is 4.09. The number of nitrogens with one attached hydrogen (secondary N) is 1. The van der Waals surface area contributed by atoms with Gasteiger partial charge in [0.15, 0.2) is 0 Å². The minimum atomic E-state index is -0.0235. The first-order chi connectivity index (χ1) is 13.1. The number of aromatic nitrogens is 2. The van der Waals surface area contributed by atoms with Gasteiger partial charge in [0.05, 0.1) is 18.4 Å². The van der Waals surface area contributed by atoms with E-state index in [0.29, 0.717) is 12.3 Å². The average molecular weight is 382 g/mol. The van der Waals surface area contributed by atoms with Crippen molar-refractivity contribution in [3.05, 3.63) is 59.9 Å². The Hall–Kier alpha value is -2.60. The first-order valence-electron chi connectivity index (χ1n) is 8.86. The zero-order valence-electron chi connectivity index (χ0n) is 15.7. The van der Waals surface area contributed by atoms with Crippen LogP contribution in [0.5, 0.6) is 5.75 Å². The van der Waals surface area contributed by atoms with Gasteiger partial charge in [0.25, 0.3) is 0 Å². The van der Waals surface area contributed by atoms with Crippen LogP contribution >= 0.6 is 11.8 Å². The number of carbonyl (C=O) groups excluding carboxylic acids is 1. The predicted molar refractivity (Wildman–Crippen MR) is 109 cm³/mol. The molecule has 5 nitrogen and oxygen atoms in total. The zero-order valence-corrected chi connectivity index (χ0v) is 16.5. The Bertz CT molecular complexity index is 926. The van der Waals surface area contributed by atoms with Crippen LogP contribution in [0.4, 0.5) is 0 Å². The molecule has 0 spiro atoms. The van der Waals surface area contributed by atoms with Crippen LogP contribution in [0.2, 0.25) is 0 Å². The van der Waals surface area contributed by atoms with Gasteiger partial charge < -0.3 is 10.1 Å². The molecule has 0 aliphatic rings. The molecule has 140 valence electrons. The fourth-order valence-corrected chi connectivity index (χ4v) is 3.42. The van der Waals surface area contributed by atoms with E-state index in [1.807, 2.05) is 48.5 Å². The molecule has 0 fully saturated rings. The summed E-state index contributed by atoms with van der Waals surface area (Å²) in [5, 5.41) is 4.78. The van der Waals surface area contributed by atoms with Crippen molar-refractivity contribution in [2.45, 2.75) is 31.3 Å². The van der Waals surface area contributed by atoms with E-state index in [1.54, 1.807) is 7.11 Å². The van der Waals surface area contributed by atoms with Crippen LogP contribution in [0, 0.1) is 0 Å². The van der Waals surface area contributed by atoms with E-state index in [0.717, 1.165) is 33.1 Å². The minimum absolute atomic E-state index is 0.0235. The molecule has 3 rings (SSSR count). The summed E-state index contributed by atoms with van der Waals surface area (Å²) < 4.78 is 5.14. The van der Waals surface area contributed by atoms with E-state index in [-0.39, 0.29) is 11.8 Å². The van der Waals surface area contributed by atoms with Crippen LogP contribution in [-0.4, -0.2) is 28.7 Å². The van der Waals surface area contributed by atoms with E-state index >= 15 is 0 Å². The molecule has 0 aliphatic heterocycles. The zero-order chi connectivity index (χ0) is 19.2. The monoisotopic (exact) mass is 381 g/mol. The molecule has 0 saturated carbocycles. The smallest absolute Gasteiger partial charge is 0.230 e. The number of carbonyl (C=O) groups is 1. The second kappa shape index (κ2) is 8.86. The van der Waals surface area contributed by atoms with Gasteiger partial charge in [0, 0.05) is 17.8 Å². The largest absolute Gasteiger partial charge is 0.497 e. The van der Waals surface area contributed by atoms with Crippen molar-refractivity contribution >= 4 is 28.6 Å². The molecule has 0 atom stereocenters. The Balaban J connectivity index is 1.64. The van der Waals surface area contributed by atoms with Gasteiger partial charge in [-0.1, -0.05) is 55.9 Å². The lowest BCUT2D eigenvalue weighted by Crippen LogP contribution is -2.24. The molecule has 1 heterocycles. The Morgan fingerprint density at radius 3 is 2.56 bits per heavy atom. The minimum Gasteiger partial charge on any atom is -0.497 e. The Labute approximate surface area is 163 Å². The van der Waals surface area contributed by atoms with Crippen molar-refractivity contribution in [1.82, 2.24) is 15.3 Å². The highest BCUT2D eigenvalue weighted by Gasteiger charge is 2.12. The van der Waals surface area contributed by atoms with E-state index in [4.69, 9.17) is 4.74 Å². The SMILES string of the molecule is COc1ccc(CNC(=O)CSc2nc(C(C)C)nc3ccccc23)cc1. The molecule has 6 heteroatoms. The van der Waals surface area contributed by atoms with Gasteiger partial charge in [0.2, 0.25) is 5.91 Å². The molecule has 27 heavy (non-hydrogen) atoms. The van der Waals surface area contributed by atoms with Gasteiger partial charge in [-0.3, -0.25) is 4.79 Å². The normalized spacial score (nSPS) is 11.0. The first kappa shape index (κ1) is 19.2. The number of thioether (sulfide) groups is 1. The number of rotatable bonds is 7. The van der Waals surface area contributed by atoms with Gasteiger partial charge in [-0.2, -0.15) is 0 Å². The number of hydrogen-bond acceptors (Lipinski definition) is 5. The van der Waals surface area contributed by atoms with Gasteiger partial charge in [0.1, 0.15) is 16.6 Å². The number of benzene rings is 2. The molecule has 0 bridgehead atoms. The summed E-state index contributed by atoms with van der Waals surface area (Å²) >= 11 is 1.45. The van der Waals surface area contributed by atoms with Gasteiger partial charge in [-0.05, 0) is 23.8 Å². The molecule has 2 aromatic carbocycles. The number of nitrogens with zero attached hydrogens (tertiary/aromatic N) is 2. The van der Waals surface area contributed by atoms with Crippen LogP contribution in [0.15, 0.2) is 53.6 Å². The van der Waals surface area contributed by atoms with Crippen LogP contribution < -0.4 is 10.1 Å². The third kappa shape index (κ3) is 4.98. The van der Waals surface area contributed by atoms with E-state index in [9.17, 15) is 4.79 Å². The molecule has 0 unspecified atom stereocenters. The lowest BCUT2D eigenvalue weighted by Gasteiger charge is -2.10. The Morgan fingerprint density at radius 1 is 1.11 bits per heavy atom. The summed E-state index contributed by atoms with van der Waals surface area (Å²) in [6.45, 7) is 4.63. The van der Waals surface area contributed by atoms with Crippen LogP contribution in [0.3, 0.4) is 0 Å². The van der Waals surface area contributed by atoms with Gasteiger partial charge >= 0.3 is 0 Å². The summed E-state index contributed by atoms with van der Waals surface area (Å²) in [5.74, 6) is 2.13. The Kier molecular flexibility index (Phi) is 6.29. The molecule has 0 aliphatic carbocycles. The van der Waals surface area contributed by atoms with Gasteiger partial charge in [-0.15, -0.1) is 0 Å². The molecule has 1 amide bonds. The third-order valence-corrected chi connectivity index (χ3v) is 5.08. The Morgan fingerprint density at radius 2 is 1.85 bits per heavy atom. The fourth-order valence-electron chi connectivity index (χ4n) is 2.56. The molecule has 0 radical (unpaired) electrons. The summed E-state index contributed by atoms with van der Waals surface area (Å²) in [4.78, 5) is 21.6. The highest BCUT2D eigenvalue weighted by molar-refractivity contribution is 8.00. The van der Waals surface area contributed by atoms with Crippen molar-refractivity contribution in [2.75, 3.05) is 12.9 Å². The summed E-state index contributed by atoms with van der Waals surface area (Å²) in [6.07, 6.45) is 0. The number of amides is 1. The number of para-hydroxylation sites is 1. The van der Waals surface area contributed by atoms with Crippen LogP contribution in [-0.2, 0) is 11.3 Å². The maximum Gasteiger partial charge on any atom is 0.230 e. The average Bonchev–Trinajstić information content (AvgIpc) is 2.70. The summed E-state index contributed by atoms with van der Waals surface area (Å²) in [5.41, 5.74) is 1.95. The molecule has 1 aromatic heterocycles. The van der Waals surface area contributed by atoms with E-state index < -0.39 is 0 Å². The predicted octanol–water partition coefficient (Wildman–Crippen LogP) is 4.17. The molecule has 0 saturated heterocycles. The summed E-state index contributed by atoms with van der Waals surface area (Å²) in [7, 11) is 1.63. The molecule has 1 N–H and O–H groups in total. The van der Waals surface area contributed by atoms with E-state index in [2.05, 4.69) is 29.1 Å². The van der Waals surface area contributed by atoms with Crippen LogP contribution in [0.25, 0.3) is 10.9 Å². The van der Waals surface area contributed by atoms with E-state index in [1.165, 1.54) is 11.8 Å². The van der Waals surface area contributed by atoms with Gasteiger partial charge in [-0.25, -0.2) is 9.97 Å². The maximum absolute atomic E-state index is 12.3. The van der Waals surface area contributed by atoms with Crippen molar-refractivity contribution in [3.63, 3.8) is 0 Å². The fraction of sp³-hybridized carbons (Fsp3) is 0.286. The quantitative estimate of drug-likeness (QED) is 0.491. The lowest BCUT2D eigenvalue weighted by atomic mass is 10.2. The highest BCUT2D eigenvalue weighted by atomic mass is 32.2. The van der Waals surface area contributed by atoms with Crippen molar-refractivity contribution in [3.8, 4) is 5.75 Å². The van der Waals surface area contributed by atoms with Crippen molar-refractivity contribution in [1.29, 1.82) is 0 Å². The van der Waals surface area contributed by atoms with Crippen molar-refractivity contribution in [2.24, 2.45) is 0 Å². The second-order valence-corrected chi connectivity index (χ2v) is 7.44. The number of fused-ring (bicyclic) bond motifs is 1. The standard InChI is InChI=1S/C21H23N3O2S/c1-14(2)20-23-18-7-5-4-6-17(18)21(24-20)27-13-19(25)22-12-15-8-10-16(26-3)11-9-15/h4-11,14H,12-13H2,1-3H3,(H,22,25).